The summed E-state index contributed by atoms with van der Waals surface area (Å²) in [6.07, 6.45) is 4.87. The highest BCUT2D eigenvalue weighted by Gasteiger charge is 2.42. The first-order chi connectivity index (χ1) is 17.1. The summed E-state index contributed by atoms with van der Waals surface area (Å²) in [4.78, 5) is 25.0. The van der Waals surface area contributed by atoms with Crippen LogP contribution in [0.25, 0.3) is 0 Å². The fourth-order valence-electron chi connectivity index (χ4n) is 5.43. The summed E-state index contributed by atoms with van der Waals surface area (Å²) in [5, 5.41) is 2.97. The van der Waals surface area contributed by atoms with Crippen molar-refractivity contribution in [2.75, 3.05) is 25.1 Å². The standard InChI is InChI=1S/C26H31ClN2O6S/c1-16(22-13-17-4-5-18(22)12-17)28-25(30)15-35-26(31)23-14-21(10-11-24(23)27)36(32,33)29(2)19-6-8-20(34-3)9-7-19/h6-11,14,16-18,22H,4-5,12-13,15H2,1-3H3,(H,28,30)/t16-,17+,18+,22-/m1/s1. The van der Waals surface area contributed by atoms with Crippen LogP contribution in [0, 0.1) is 17.8 Å². The van der Waals surface area contributed by atoms with Gasteiger partial charge in [0.2, 0.25) is 0 Å². The molecule has 4 atom stereocenters. The number of ether oxygens (including phenoxy) is 2. The number of benzene rings is 2. The molecule has 0 radical (unpaired) electrons. The highest BCUT2D eigenvalue weighted by Crippen LogP contribution is 2.49. The number of hydrogen-bond donors (Lipinski definition) is 1. The van der Waals surface area contributed by atoms with Gasteiger partial charge < -0.3 is 14.8 Å². The van der Waals surface area contributed by atoms with E-state index in [-0.39, 0.29) is 21.5 Å². The Hall–Kier alpha value is -2.78. The predicted molar refractivity (Wildman–Crippen MR) is 137 cm³/mol. The van der Waals surface area contributed by atoms with E-state index in [2.05, 4.69) is 5.32 Å². The monoisotopic (exact) mass is 534 g/mol. The number of nitrogens with zero attached hydrogens (tertiary/aromatic N) is 1. The summed E-state index contributed by atoms with van der Waals surface area (Å²) >= 11 is 6.17. The second-order valence-electron chi connectivity index (χ2n) is 9.58. The van der Waals surface area contributed by atoms with E-state index < -0.39 is 28.5 Å². The van der Waals surface area contributed by atoms with Crippen molar-refractivity contribution in [3.63, 3.8) is 0 Å². The van der Waals surface area contributed by atoms with Gasteiger partial charge in [-0.05, 0) is 86.4 Å². The Labute approximate surface area is 217 Å². The molecule has 194 valence electrons. The molecule has 4 rings (SSSR count). The maximum absolute atomic E-state index is 13.2. The van der Waals surface area contributed by atoms with E-state index in [1.165, 1.54) is 45.6 Å². The van der Waals surface area contributed by atoms with Crippen molar-refractivity contribution < 1.29 is 27.5 Å². The zero-order valence-electron chi connectivity index (χ0n) is 20.6. The number of esters is 1. The molecule has 0 unspecified atom stereocenters. The van der Waals surface area contributed by atoms with E-state index in [1.807, 2.05) is 6.92 Å². The number of nitrogens with one attached hydrogen (secondary N) is 1. The van der Waals surface area contributed by atoms with Crippen LogP contribution in [-0.2, 0) is 19.6 Å². The largest absolute Gasteiger partial charge is 0.497 e. The van der Waals surface area contributed by atoms with Crippen LogP contribution in [-0.4, -0.2) is 47.1 Å². The molecule has 0 aliphatic heterocycles. The second-order valence-corrected chi connectivity index (χ2v) is 12.0. The van der Waals surface area contributed by atoms with E-state index in [0.717, 1.165) is 22.7 Å². The number of carbonyl (C=O) groups is 2. The van der Waals surface area contributed by atoms with Gasteiger partial charge in [0, 0.05) is 13.1 Å². The summed E-state index contributed by atoms with van der Waals surface area (Å²) in [6, 6.07) is 10.3. The Kier molecular flexibility index (Phi) is 7.80. The number of hydrogen-bond acceptors (Lipinski definition) is 6. The zero-order chi connectivity index (χ0) is 26.0. The SMILES string of the molecule is COc1ccc(N(C)S(=O)(=O)c2ccc(Cl)c(C(=O)OCC(=O)N[C@H](C)[C@H]3C[C@H]4CC[C@H]3C4)c2)cc1. The van der Waals surface area contributed by atoms with Crippen LogP contribution < -0.4 is 14.4 Å². The molecule has 2 aromatic rings. The summed E-state index contributed by atoms with van der Waals surface area (Å²) in [5.41, 5.74) is 0.283. The minimum Gasteiger partial charge on any atom is -0.497 e. The molecule has 2 aliphatic rings. The third-order valence-electron chi connectivity index (χ3n) is 7.41. The quantitative estimate of drug-likeness (QED) is 0.482. The van der Waals surface area contributed by atoms with E-state index in [4.69, 9.17) is 21.1 Å². The van der Waals surface area contributed by atoms with Crippen molar-refractivity contribution in [3.05, 3.63) is 53.1 Å². The highest BCUT2D eigenvalue weighted by molar-refractivity contribution is 7.92. The Morgan fingerprint density at radius 1 is 1.14 bits per heavy atom. The average molecular weight is 535 g/mol. The van der Waals surface area contributed by atoms with Gasteiger partial charge in [-0.2, -0.15) is 0 Å². The van der Waals surface area contributed by atoms with Gasteiger partial charge in [0.25, 0.3) is 15.9 Å². The molecule has 2 fully saturated rings. The molecule has 10 heteroatoms. The predicted octanol–water partition coefficient (Wildman–Crippen LogP) is 4.27. The number of halogens is 1. The minimum atomic E-state index is -4.00. The molecule has 36 heavy (non-hydrogen) atoms. The molecule has 1 amide bonds. The lowest BCUT2D eigenvalue weighted by Crippen LogP contribution is -2.42. The van der Waals surface area contributed by atoms with Gasteiger partial charge in [-0.25, -0.2) is 13.2 Å². The van der Waals surface area contributed by atoms with Gasteiger partial charge in [0.05, 0.1) is 28.3 Å². The first kappa shape index (κ1) is 26.3. The van der Waals surface area contributed by atoms with Crippen molar-refractivity contribution in [2.45, 2.75) is 43.5 Å². The molecule has 2 aromatic carbocycles. The molecule has 2 saturated carbocycles. The van der Waals surface area contributed by atoms with Crippen molar-refractivity contribution in [2.24, 2.45) is 17.8 Å². The number of fused-ring (bicyclic) bond motifs is 2. The van der Waals surface area contributed by atoms with Crippen LogP contribution in [0.4, 0.5) is 5.69 Å². The molecule has 0 saturated heterocycles. The van der Waals surface area contributed by atoms with Gasteiger partial charge in [-0.15, -0.1) is 0 Å². The van der Waals surface area contributed by atoms with Crippen LogP contribution in [0.2, 0.25) is 5.02 Å². The Balaban J connectivity index is 1.40. The normalized spacial score (nSPS) is 21.6. The van der Waals surface area contributed by atoms with Crippen molar-refractivity contribution in [3.8, 4) is 5.75 Å². The van der Waals surface area contributed by atoms with Crippen molar-refractivity contribution in [1.82, 2.24) is 5.32 Å². The molecule has 0 heterocycles. The van der Waals surface area contributed by atoms with Gasteiger partial charge in [-0.3, -0.25) is 9.10 Å². The summed E-state index contributed by atoms with van der Waals surface area (Å²) in [6.45, 7) is 1.53. The maximum Gasteiger partial charge on any atom is 0.340 e. The topological polar surface area (TPSA) is 102 Å². The van der Waals surface area contributed by atoms with Crippen molar-refractivity contribution in [1.29, 1.82) is 0 Å². The van der Waals surface area contributed by atoms with Crippen LogP contribution in [0.5, 0.6) is 5.75 Å². The molecular weight excluding hydrogens is 504 g/mol. The minimum absolute atomic E-state index is 0.0112. The summed E-state index contributed by atoms with van der Waals surface area (Å²) in [5.74, 6) is 1.22. The molecule has 0 aromatic heterocycles. The maximum atomic E-state index is 13.2. The number of sulfonamides is 1. The molecule has 1 N–H and O–H groups in total. The first-order valence-electron chi connectivity index (χ1n) is 12.0. The van der Waals surface area contributed by atoms with Crippen molar-refractivity contribution >= 4 is 39.2 Å². The van der Waals surface area contributed by atoms with Crippen LogP contribution >= 0.6 is 11.6 Å². The van der Waals surface area contributed by atoms with Crippen LogP contribution in [0.1, 0.15) is 43.0 Å². The average Bonchev–Trinajstić information content (AvgIpc) is 3.51. The molecule has 0 spiro atoms. The smallest absolute Gasteiger partial charge is 0.340 e. The number of amides is 1. The van der Waals surface area contributed by atoms with Gasteiger partial charge in [-0.1, -0.05) is 18.0 Å². The summed E-state index contributed by atoms with van der Waals surface area (Å²) < 4.78 is 37.7. The molecule has 2 aliphatic carbocycles. The van der Waals surface area contributed by atoms with Crippen LogP contribution in [0.3, 0.4) is 0 Å². The molecule has 2 bridgehead atoms. The van der Waals surface area contributed by atoms with E-state index in [1.54, 1.807) is 24.3 Å². The third kappa shape index (κ3) is 5.47. The van der Waals surface area contributed by atoms with Gasteiger partial charge in [0.15, 0.2) is 6.61 Å². The van der Waals surface area contributed by atoms with E-state index in [0.29, 0.717) is 23.3 Å². The number of anilines is 1. The lowest BCUT2D eigenvalue weighted by molar-refractivity contribution is -0.125. The van der Waals surface area contributed by atoms with E-state index >= 15 is 0 Å². The Morgan fingerprint density at radius 2 is 1.86 bits per heavy atom. The summed E-state index contributed by atoms with van der Waals surface area (Å²) in [7, 11) is -1.07. The Bertz CT molecular complexity index is 1230. The highest BCUT2D eigenvalue weighted by atomic mass is 35.5. The lowest BCUT2D eigenvalue weighted by atomic mass is 9.84. The fraction of sp³-hybridized carbons (Fsp3) is 0.462. The number of carbonyl (C=O) groups excluding carboxylic acids is 2. The van der Waals surface area contributed by atoms with Gasteiger partial charge >= 0.3 is 5.97 Å². The van der Waals surface area contributed by atoms with E-state index in [9.17, 15) is 18.0 Å². The molecule has 8 nitrogen and oxygen atoms in total. The zero-order valence-corrected chi connectivity index (χ0v) is 22.1. The van der Waals surface area contributed by atoms with Crippen LogP contribution in [0.15, 0.2) is 47.4 Å². The third-order valence-corrected chi connectivity index (χ3v) is 9.52. The molecular formula is C26H31ClN2O6S. The van der Waals surface area contributed by atoms with Gasteiger partial charge in [0.1, 0.15) is 5.75 Å². The Morgan fingerprint density at radius 3 is 2.47 bits per heavy atom. The number of methoxy groups -OCH3 is 1. The lowest BCUT2D eigenvalue weighted by Gasteiger charge is -2.28. The fourth-order valence-corrected chi connectivity index (χ4v) is 6.85. The first-order valence-corrected chi connectivity index (χ1v) is 13.8. The number of rotatable bonds is 9. The second kappa shape index (κ2) is 10.7.